The summed E-state index contributed by atoms with van der Waals surface area (Å²) in [5.74, 6) is -0.485. The van der Waals surface area contributed by atoms with Crippen LogP contribution in [-0.2, 0) is 10.0 Å². The third-order valence-electron chi connectivity index (χ3n) is 5.97. The second-order valence-corrected chi connectivity index (χ2v) is 10.9. The summed E-state index contributed by atoms with van der Waals surface area (Å²) in [7, 11) is -2.02. The van der Waals surface area contributed by atoms with E-state index in [0.29, 0.717) is 5.69 Å². The van der Waals surface area contributed by atoms with Crippen LogP contribution in [0.1, 0.15) is 24.2 Å². The lowest BCUT2D eigenvalue weighted by Gasteiger charge is -2.38. The van der Waals surface area contributed by atoms with Crippen molar-refractivity contribution in [3.63, 3.8) is 0 Å². The summed E-state index contributed by atoms with van der Waals surface area (Å²) >= 11 is 0. The van der Waals surface area contributed by atoms with E-state index in [0.717, 1.165) is 6.26 Å². The molecule has 0 unspecified atom stereocenters. The van der Waals surface area contributed by atoms with Gasteiger partial charge in [-0.1, -0.05) is 31.2 Å². The molecule has 3 amide bonds. The zero-order chi connectivity index (χ0) is 25.8. The van der Waals surface area contributed by atoms with Gasteiger partial charge in [0.1, 0.15) is 6.10 Å². The molecule has 3 atom stereocenters. The van der Waals surface area contributed by atoms with Gasteiger partial charge in [0, 0.05) is 25.2 Å². The lowest BCUT2D eigenvalue weighted by Crippen LogP contribution is -2.50. The summed E-state index contributed by atoms with van der Waals surface area (Å²) in [6.45, 7) is 3.65. The van der Waals surface area contributed by atoms with E-state index in [4.69, 9.17) is 4.74 Å². The van der Waals surface area contributed by atoms with Crippen molar-refractivity contribution in [2.45, 2.75) is 26.0 Å². The lowest BCUT2D eigenvalue weighted by molar-refractivity contribution is 0.0389. The number of hydrogen-bond donors (Lipinski definition) is 3. The molecule has 0 saturated heterocycles. The number of nitrogens with zero attached hydrogens (tertiary/aromatic N) is 2. The summed E-state index contributed by atoms with van der Waals surface area (Å²) in [4.78, 5) is 27.7. The zero-order valence-corrected chi connectivity index (χ0v) is 21.1. The minimum Gasteiger partial charge on any atom is -0.486 e. The fourth-order valence-electron chi connectivity index (χ4n) is 3.75. The fraction of sp³-hybridized carbons (Fsp3) is 0.417. The van der Waals surface area contributed by atoms with Crippen LogP contribution in [0.3, 0.4) is 0 Å². The van der Waals surface area contributed by atoms with Crippen molar-refractivity contribution in [3.8, 4) is 5.75 Å². The van der Waals surface area contributed by atoms with Crippen molar-refractivity contribution >= 4 is 33.3 Å². The monoisotopic (exact) mass is 504 g/mol. The molecular formula is C24H32N4O6S. The molecule has 11 heteroatoms. The quantitative estimate of drug-likeness (QED) is 0.531. The van der Waals surface area contributed by atoms with Crippen LogP contribution in [0, 0.1) is 5.92 Å². The molecule has 0 spiro atoms. The van der Waals surface area contributed by atoms with Gasteiger partial charge in [0.25, 0.3) is 5.91 Å². The number of hydrogen-bond acceptors (Lipinski definition) is 6. The van der Waals surface area contributed by atoms with Gasteiger partial charge in [-0.2, -0.15) is 0 Å². The van der Waals surface area contributed by atoms with Gasteiger partial charge in [0.15, 0.2) is 5.75 Å². The Balaban J connectivity index is 2.00. The summed E-state index contributed by atoms with van der Waals surface area (Å²) in [6.07, 6.45) is 0.481. The van der Waals surface area contributed by atoms with Crippen LogP contribution >= 0.6 is 0 Å². The van der Waals surface area contributed by atoms with Gasteiger partial charge >= 0.3 is 6.03 Å². The summed E-state index contributed by atoms with van der Waals surface area (Å²) in [6, 6.07) is 12.7. The Morgan fingerprint density at radius 1 is 1.20 bits per heavy atom. The minimum absolute atomic E-state index is 0.0412. The summed E-state index contributed by atoms with van der Waals surface area (Å²) < 4.78 is 31.6. The predicted molar refractivity (Wildman–Crippen MR) is 134 cm³/mol. The zero-order valence-electron chi connectivity index (χ0n) is 20.3. The number of likely N-dealkylation sites (N-methyl/N-ethyl adjacent to an activating group) is 1. The Labute approximate surface area is 205 Å². The van der Waals surface area contributed by atoms with Crippen LogP contribution < -0.4 is 15.4 Å². The van der Waals surface area contributed by atoms with Gasteiger partial charge < -0.3 is 25.4 Å². The van der Waals surface area contributed by atoms with Crippen molar-refractivity contribution in [1.82, 2.24) is 9.21 Å². The van der Waals surface area contributed by atoms with Gasteiger partial charge in [-0.3, -0.25) is 4.79 Å². The number of sulfonamides is 1. The second kappa shape index (κ2) is 11.1. The Kier molecular flexibility index (Phi) is 8.36. The predicted octanol–water partition coefficient (Wildman–Crippen LogP) is 2.44. The lowest BCUT2D eigenvalue weighted by atomic mass is 9.99. The Hall–Kier alpha value is -3.15. The fourth-order valence-corrected chi connectivity index (χ4v) is 4.17. The SMILES string of the molecule is C[C@H]1CN([C@@H](C)CO)C(=O)c2cccc(NC(=O)Nc3ccccc3)c2O[C@@H]1CN(C)S(C)(=O)=O. The topological polar surface area (TPSA) is 128 Å². The smallest absolute Gasteiger partial charge is 0.323 e. The first-order chi connectivity index (χ1) is 16.5. The summed E-state index contributed by atoms with van der Waals surface area (Å²) in [5.41, 5.74) is 1.06. The molecule has 0 radical (unpaired) electrons. The molecule has 190 valence electrons. The van der Waals surface area contributed by atoms with Crippen LogP contribution in [0.5, 0.6) is 5.75 Å². The average Bonchev–Trinajstić information content (AvgIpc) is 2.81. The molecule has 10 nitrogen and oxygen atoms in total. The molecule has 0 saturated carbocycles. The van der Waals surface area contributed by atoms with Gasteiger partial charge in [0.05, 0.1) is 36.7 Å². The number of aliphatic hydroxyl groups is 1. The Morgan fingerprint density at radius 2 is 1.89 bits per heavy atom. The third-order valence-corrected chi connectivity index (χ3v) is 7.26. The number of nitrogens with one attached hydrogen (secondary N) is 2. The van der Waals surface area contributed by atoms with Gasteiger partial charge in [-0.15, -0.1) is 0 Å². The maximum Gasteiger partial charge on any atom is 0.323 e. The van der Waals surface area contributed by atoms with E-state index in [-0.39, 0.29) is 48.5 Å². The first-order valence-electron chi connectivity index (χ1n) is 11.3. The molecule has 1 aliphatic rings. The minimum atomic E-state index is -3.48. The van der Waals surface area contributed by atoms with E-state index in [1.807, 2.05) is 13.0 Å². The summed E-state index contributed by atoms with van der Waals surface area (Å²) in [5, 5.41) is 15.2. The Morgan fingerprint density at radius 3 is 2.51 bits per heavy atom. The van der Waals surface area contributed by atoms with Crippen LogP contribution in [-0.4, -0.2) is 79.8 Å². The molecule has 3 rings (SSSR count). The average molecular weight is 505 g/mol. The second-order valence-electron chi connectivity index (χ2n) is 8.79. The van der Waals surface area contributed by atoms with E-state index in [1.165, 1.54) is 11.4 Å². The highest BCUT2D eigenvalue weighted by Gasteiger charge is 2.35. The number of para-hydroxylation sites is 2. The number of amides is 3. The first kappa shape index (κ1) is 26.5. The molecule has 0 aromatic heterocycles. The van der Waals surface area contributed by atoms with Crippen LogP contribution in [0.15, 0.2) is 48.5 Å². The largest absolute Gasteiger partial charge is 0.486 e. The molecule has 0 aliphatic carbocycles. The standard InChI is InChI=1S/C24H32N4O6S/c1-16-13-28(17(2)15-29)23(30)19-11-8-12-20(26-24(31)25-18-9-6-5-7-10-18)22(19)34-21(16)14-27(3)35(4,32)33/h5-12,16-17,21,29H,13-15H2,1-4H3,(H2,25,26,31)/t16-,17-,21+/m0/s1. The molecule has 3 N–H and O–H groups in total. The van der Waals surface area contributed by atoms with Crippen molar-refractivity contribution < 1.29 is 27.9 Å². The Bertz CT molecular complexity index is 1160. The molecular weight excluding hydrogens is 472 g/mol. The van der Waals surface area contributed by atoms with Crippen molar-refractivity contribution in [2.24, 2.45) is 5.92 Å². The molecule has 2 aromatic carbocycles. The van der Waals surface area contributed by atoms with Crippen molar-refractivity contribution in [3.05, 3.63) is 54.1 Å². The number of urea groups is 1. The number of ether oxygens (including phenoxy) is 1. The van der Waals surface area contributed by atoms with E-state index in [1.54, 1.807) is 54.3 Å². The van der Waals surface area contributed by atoms with Gasteiger partial charge in [-0.05, 0) is 31.2 Å². The van der Waals surface area contributed by atoms with E-state index >= 15 is 0 Å². The molecule has 1 heterocycles. The van der Waals surface area contributed by atoms with Gasteiger partial charge in [0.2, 0.25) is 10.0 Å². The highest BCUT2D eigenvalue weighted by atomic mass is 32.2. The van der Waals surface area contributed by atoms with Crippen LogP contribution in [0.25, 0.3) is 0 Å². The maximum absolute atomic E-state index is 13.5. The number of benzene rings is 2. The normalized spacial score (nSPS) is 19.3. The first-order valence-corrected chi connectivity index (χ1v) is 13.1. The number of fused-ring (bicyclic) bond motifs is 1. The highest BCUT2D eigenvalue weighted by Crippen LogP contribution is 2.35. The number of aliphatic hydroxyl groups excluding tert-OH is 1. The number of carbonyl (C=O) groups excluding carboxylic acids is 2. The van der Waals surface area contributed by atoms with E-state index in [9.17, 15) is 23.1 Å². The number of carbonyl (C=O) groups is 2. The number of rotatable bonds is 7. The van der Waals surface area contributed by atoms with E-state index in [2.05, 4.69) is 10.6 Å². The van der Waals surface area contributed by atoms with Gasteiger partial charge in [-0.25, -0.2) is 17.5 Å². The molecule has 2 aromatic rings. The van der Waals surface area contributed by atoms with E-state index < -0.39 is 28.2 Å². The molecule has 0 bridgehead atoms. The van der Waals surface area contributed by atoms with Crippen molar-refractivity contribution in [2.75, 3.05) is 43.6 Å². The molecule has 0 fully saturated rings. The molecule has 35 heavy (non-hydrogen) atoms. The maximum atomic E-state index is 13.5. The highest BCUT2D eigenvalue weighted by molar-refractivity contribution is 7.88. The van der Waals surface area contributed by atoms with Crippen molar-refractivity contribution in [1.29, 1.82) is 0 Å². The van der Waals surface area contributed by atoms with Crippen LogP contribution in [0.2, 0.25) is 0 Å². The third kappa shape index (κ3) is 6.50. The van der Waals surface area contributed by atoms with Crippen LogP contribution in [0.4, 0.5) is 16.2 Å². The number of anilines is 2. The molecule has 1 aliphatic heterocycles.